The fourth-order valence-electron chi connectivity index (χ4n) is 3.15. The number of amides is 2. The number of nitrogens with one attached hydrogen (secondary N) is 1. The Hall–Kier alpha value is -4.07. The molecule has 31 heavy (non-hydrogen) atoms. The van der Waals surface area contributed by atoms with Crippen LogP contribution in [0.5, 0.6) is 23.1 Å². The number of carbonyl (C=O) groups is 2. The molecule has 1 aliphatic heterocycles. The molecule has 0 fully saturated rings. The number of hydrogen-bond donors (Lipinski definition) is 1. The van der Waals surface area contributed by atoms with Crippen LogP contribution in [0.2, 0.25) is 0 Å². The van der Waals surface area contributed by atoms with Crippen LogP contribution in [-0.2, 0) is 16.1 Å². The number of carbonyl (C=O) groups excluding carboxylic acids is 2. The number of methoxy groups -OCH3 is 1. The Balaban J connectivity index is 1.42. The van der Waals surface area contributed by atoms with Crippen LogP contribution < -0.4 is 24.4 Å². The molecule has 2 aromatic carbocycles. The van der Waals surface area contributed by atoms with Gasteiger partial charge in [-0.1, -0.05) is 24.3 Å². The van der Waals surface area contributed by atoms with E-state index in [1.54, 1.807) is 49.7 Å². The molecule has 1 aliphatic rings. The number of hydrogen-bond acceptors (Lipinski definition) is 6. The Morgan fingerprint density at radius 2 is 1.97 bits per heavy atom. The smallest absolute Gasteiger partial charge is 0.265 e. The standard InChI is InChI=1S/C23H21N3O5/c1-29-17-7-4-8-18(12-17)31-23-16(6-5-11-24-23)13-25-21(27)14-26-19-9-2-3-10-20(19)30-15-22(26)28/h2-12H,13-15H2,1H3,(H,25,27). The lowest BCUT2D eigenvalue weighted by molar-refractivity contribution is -0.125. The number of nitrogens with zero attached hydrogens (tertiary/aromatic N) is 2. The topological polar surface area (TPSA) is 90.0 Å². The number of benzene rings is 2. The molecular formula is C23H21N3O5. The van der Waals surface area contributed by atoms with E-state index in [1.165, 1.54) is 4.90 Å². The van der Waals surface area contributed by atoms with Gasteiger partial charge in [0.25, 0.3) is 5.91 Å². The third-order valence-electron chi connectivity index (χ3n) is 4.69. The highest BCUT2D eigenvalue weighted by Crippen LogP contribution is 2.31. The van der Waals surface area contributed by atoms with Crippen LogP contribution in [0.4, 0.5) is 5.69 Å². The minimum Gasteiger partial charge on any atom is -0.497 e. The van der Waals surface area contributed by atoms with Gasteiger partial charge in [-0.25, -0.2) is 4.98 Å². The summed E-state index contributed by atoms with van der Waals surface area (Å²) < 4.78 is 16.5. The van der Waals surface area contributed by atoms with Gasteiger partial charge in [0.05, 0.1) is 12.8 Å². The van der Waals surface area contributed by atoms with Crippen molar-refractivity contribution in [1.29, 1.82) is 0 Å². The van der Waals surface area contributed by atoms with Gasteiger partial charge in [-0.05, 0) is 30.3 Å². The van der Waals surface area contributed by atoms with Gasteiger partial charge >= 0.3 is 0 Å². The number of aromatic nitrogens is 1. The van der Waals surface area contributed by atoms with Crippen molar-refractivity contribution < 1.29 is 23.8 Å². The summed E-state index contributed by atoms with van der Waals surface area (Å²) >= 11 is 0. The Labute approximate surface area is 179 Å². The van der Waals surface area contributed by atoms with Gasteiger partial charge in [-0.15, -0.1) is 0 Å². The molecule has 4 rings (SSSR count). The summed E-state index contributed by atoms with van der Waals surface area (Å²) in [5, 5.41) is 2.83. The molecule has 0 bridgehead atoms. The van der Waals surface area contributed by atoms with Crippen LogP contribution in [0, 0.1) is 0 Å². The summed E-state index contributed by atoms with van der Waals surface area (Å²) in [6.45, 7) is 0.00310. The van der Waals surface area contributed by atoms with E-state index in [2.05, 4.69) is 10.3 Å². The lowest BCUT2D eigenvalue weighted by Gasteiger charge is -2.28. The number of anilines is 1. The summed E-state index contributed by atoms with van der Waals surface area (Å²) in [4.78, 5) is 30.5. The first-order chi connectivity index (χ1) is 15.1. The lowest BCUT2D eigenvalue weighted by Crippen LogP contribution is -2.45. The van der Waals surface area contributed by atoms with Gasteiger partial charge in [0.2, 0.25) is 11.8 Å². The van der Waals surface area contributed by atoms with E-state index in [4.69, 9.17) is 14.2 Å². The highest BCUT2D eigenvalue weighted by atomic mass is 16.5. The zero-order chi connectivity index (χ0) is 21.6. The van der Waals surface area contributed by atoms with Crippen LogP contribution in [-0.4, -0.2) is 37.1 Å². The molecule has 0 unspecified atom stereocenters. The maximum absolute atomic E-state index is 12.6. The van der Waals surface area contributed by atoms with E-state index in [0.717, 1.165) is 0 Å². The van der Waals surface area contributed by atoms with Crippen LogP contribution in [0.15, 0.2) is 66.9 Å². The monoisotopic (exact) mass is 419 g/mol. The van der Waals surface area contributed by atoms with Crippen molar-refractivity contribution in [3.8, 4) is 23.1 Å². The van der Waals surface area contributed by atoms with E-state index < -0.39 is 0 Å². The molecule has 2 amide bonds. The molecule has 8 nitrogen and oxygen atoms in total. The summed E-state index contributed by atoms with van der Waals surface area (Å²) in [5.74, 6) is 1.62. The fourth-order valence-corrected chi connectivity index (χ4v) is 3.15. The quantitative estimate of drug-likeness (QED) is 0.633. The predicted molar refractivity (Wildman–Crippen MR) is 113 cm³/mol. The fraction of sp³-hybridized carbons (Fsp3) is 0.174. The van der Waals surface area contributed by atoms with Gasteiger partial charge in [-0.2, -0.15) is 0 Å². The molecule has 2 heterocycles. The predicted octanol–water partition coefficient (Wildman–Crippen LogP) is 2.92. The summed E-state index contributed by atoms with van der Waals surface area (Å²) in [6.07, 6.45) is 1.62. The van der Waals surface area contributed by atoms with Crippen LogP contribution in [0.25, 0.3) is 0 Å². The number of ether oxygens (including phenoxy) is 3. The molecule has 8 heteroatoms. The van der Waals surface area contributed by atoms with Crippen LogP contribution in [0.3, 0.4) is 0 Å². The molecular weight excluding hydrogens is 398 g/mol. The molecule has 0 saturated carbocycles. The van der Waals surface area contributed by atoms with E-state index in [9.17, 15) is 9.59 Å². The van der Waals surface area contributed by atoms with Gasteiger partial charge in [0.1, 0.15) is 23.8 Å². The summed E-state index contributed by atoms with van der Waals surface area (Å²) in [7, 11) is 1.58. The van der Waals surface area contributed by atoms with Crippen molar-refractivity contribution in [1.82, 2.24) is 10.3 Å². The van der Waals surface area contributed by atoms with E-state index >= 15 is 0 Å². The van der Waals surface area contributed by atoms with Gasteiger partial charge < -0.3 is 19.5 Å². The molecule has 0 radical (unpaired) electrons. The van der Waals surface area contributed by atoms with E-state index in [1.807, 2.05) is 24.3 Å². The van der Waals surface area contributed by atoms with Crippen molar-refractivity contribution >= 4 is 17.5 Å². The average molecular weight is 419 g/mol. The lowest BCUT2D eigenvalue weighted by atomic mass is 10.2. The maximum atomic E-state index is 12.6. The second kappa shape index (κ2) is 9.17. The molecule has 0 saturated heterocycles. The van der Waals surface area contributed by atoms with Crippen molar-refractivity contribution in [2.75, 3.05) is 25.2 Å². The molecule has 158 valence electrons. The minimum atomic E-state index is -0.304. The molecule has 0 spiro atoms. The Kier molecular flexibility index (Phi) is 5.98. The first-order valence-corrected chi connectivity index (χ1v) is 9.69. The number of rotatable bonds is 7. The van der Waals surface area contributed by atoms with E-state index in [-0.39, 0.29) is 31.5 Å². The molecule has 0 aliphatic carbocycles. The van der Waals surface area contributed by atoms with Crippen LogP contribution in [0.1, 0.15) is 5.56 Å². The maximum Gasteiger partial charge on any atom is 0.265 e. The summed E-state index contributed by atoms with van der Waals surface area (Å²) in [5.41, 5.74) is 1.28. The second-order valence-electron chi connectivity index (χ2n) is 6.76. The third kappa shape index (κ3) is 4.75. The Bertz CT molecular complexity index is 1100. The molecule has 3 aromatic rings. The largest absolute Gasteiger partial charge is 0.497 e. The van der Waals surface area contributed by atoms with Gasteiger partial charge in [-0.3, -0.25) is 14.5 Å². The first kappa shape index (κ1) is 20.2. The van der Waals surface area contributed by atoms with Crippen molar-refractivity contribution in [3.63, 3.8) is 0 Å². The highest BCUT2D eigenvalue weighted by Gasteiger charge is 2.26. The average Bonchev–Trinajstić information content (AvgIpc) is 2.80. The van der Waals surface area contributed by atoms with Crippen molar-refractivity contribution in [3.05, 3.63) is 72.4 Å². The minimum absolute atomic E-state index is 0.0918. The Morgan fingerprint density at radius 1 is 1.13 bits per heavy atom. The molecule has 1 N–H and O–H groups in total. The van der Waals surface area contributed by atoms with Gasteiger partial charge in [0.15, 0.2) is 6.61 Å². The normalized spacial score (nSPS) is 12.5. The molecule has 1 aromatic heterocycles. The van der Waals surface area contributed by atoms with Crippen molar-refractivity contribution in [2.45, 2.75) is 6.54 Å². The Morgan fingerprint density at radius 3 is 2.84 bits per heavy atom. The zero-order valence-electron chi connectivity index (χ0n) is 16.9. The van der Waals surface area contributed by atoms with Crippen LogP contribution >= 0.6 is 0 Å². The SMILES string of the molecule is COc1cccc(Oc2ncccc2CNC(=O)CN2C(=O)COc3ccccc32)c1. The van der Waals surface area contributed by atoms with Gasteiger partial charge in [0, 0.05) is 24.4 Å². The zero-order valence-corrected chi connectivity index (χ0v) is 16.9. The van der Waals surface area contributed by atoms with E-state index in [0.29, 0.717) is 34.4 Å². The number of para-hydroxylation sites is 2. The summed E-state index contributed by atoms with van der Waals surface area (Å²) in [6, 6.07) is 17.9. The highest BCUT2D eigenvalue weighted by molar-refractivity contribution is 6.02. The second-order valence-corrected chi connectivity index (χ2v) is 6.76. The number of fused-ring (bicyclic) bond motifs is 1. The van der Waals surface area contributed by atoms with Crippen molar-refractivity contribution in [2.24, 2.45) is 0 Å². The first-order valence-electron chi connectivity index (χ1n) is 9.69. The third-order valence-corrected chi connectivity index (χ3v) is 4.69. The number of pyridine rings is 1. The molecule has 0 atom stereocenters.